The average molecular weight is 225 g/mol. The average Bonchev–Trinajstić information content (AvgIpc) is 2.78. The summed E-state index contributed by atoms with van der Waals surface area (Å²) in [5.41, 5.74) is -0.656. The zero-order valence-corrected chi connectivity index (χ0v) is 10.2. The Morgan fingerprint density at radius 2 is 2.06 bits per heavy atom. The molecule has 0 aromatic rings. The predicted octanol–water partition coefficient (Wildman–Crippen LogP) is 1.97. The smallest absolute Gasteiger partial charge is 0.410 e. The molecule has 1 amide bonds. The van der Waals surface area contributed by atoms with Crippen molar-refractivity contribution in [2.75, 3.05) is 6.54 Å². The van der Waals surface area contributed by atoms with Crippen molar-refractivity contribution in [2.45, 2.75) is 51.2 Å². The second-order valence-corrected chi connectivity index (χ2v) is 5.77. The van der Waals surface area contributed by atoms with Crippen LogP contribution in [0.15, 0.2) is 0 Å². The van der Waals surface area contributed by atoms with Crippen molar-refractivity contribution in [1.82, 2.24) is 4.90 Å². The number of rotatable bonds is 1. The van der Waals surface area contributed by atoms with Crippen molar-refractivity contribution >= 4 is 12.4 Å². The molecule has 1 saturated carbocycles. The number of ether oxygens (including phenoxy) is 1. The second-order valence-electron chi connectivity index (χ2n) is 5.77. The topological polar surface area (TPSA) is 46.6 Å². The fourth-order valence-corrected chi connectivity index (χ4v) is 2.51. The Hall–Kier alpha value is -1.06. The van der Waals surface area contributed by atoms with E-state index in [1.807, 2.05) is 20.8 Å². The quantitative estimate of drug-likeness (QED) is 0.641. The van der Waals surface area contributed by atoms with Crippen molar-refractivity contribution in [3.63, 3.8) is 0 Å². The third-order valence-corrected chi connectivity index (χ3v) is 3.43. The lowest BCUT2D eigenvalue weighted by Gasteiger charge is -2.29. The third-order valence-electron chi connectivity index (χ3n) is 3.43. The van der Waals surface area contributed by atoms with Crippen LogP contribution in [0.5, 0.6) is 0 Å². The van der Waals surface area contributed by atoms with Crippen LogP contribution in [-0.2, 0) is 9.53 Å². The van der Waals surface area contributed by atoms with E-state index in [9.17, 15) is 9.59 Å². The van der Waals surface area contributed by atoms with E-state index in [-0.39, 0.29) is 17.6 Å². The van der Waals surface area contributed by atoms with Gasteiger partial charge in [-0.1, -0.05) is 0 Å². The van der Waals surface area contributed by atoms with Crippen LogP contribution < -0.4 is 0 Å². The van der Waals surface area contributed by atoms with Gasteiger partial charge >= 0.3 is 6.09 Å². The van der Waals surface area contributed by atoms with Crippen LogP contribution in [-0.4, -0.2) is 35.0 Å². The molecule has 0 bridgehead atoms. The van der Waals surface area contributed by atoms with Gasteiger partial charge < -0.3 is 14.4 Å². The summed E-state index contributed by atoms with van der Waals surface area (Å²) in [5, 5.41) is 0. The molecule has 2 rings (SSSR count). The van der Waals surface area contributed by atoms with Gasteiger partial charge in [-0.05, 0) is 40.0 Å². The van der Waals surface area contributed by atoms with E-state index in [0.717, 1.165) is 25.5 Å². The fourth-order valence-electron chi connectivity index (χ4n) is 2.51. The summed E-state index contributed by atoms with van der Waals surface area (Å²) in [4.78, 5) is 24.7. The van der Waals surface area contributed by atoms with Crippen molar-refractivity contribution in [3.8, 4) is 0 Å². The molecule has 0 aromatic heterocycles. The Bertz CT molecular complexity index is 315. The molecule has 0 radical (unpaired) electrons. The van der Waals surface area contributed by atoms with Gasteiger partial charge in [0.1, 0.15) is 11.9 Å². The highest BCUT2D eigenvalue weighted by Crippen LogP contribution is 2.52. The van der Waals surface area contributed by atoms with Crippen LogP contribution in [0.1, 0.15) is 40.0 Å². The van der Waals surface area contributed by atoms with Crippen molar-refractivity contribution < 1.29 is 14.3 Å². The van der Waals surface area contributed by atoms with Crippen molar-refractivity contribution in [2.24, 2.45) is 5.92 Å². The van der Waals surface area contributed by atoms with Crippen LogP contribution in [0.25, 0.3) is 0 Å². The number of carbonyl (C=O) groups excluding carboxylic acids is 2. The van der Waals surface area contributed by atoms with Crippen LogP contribution in [0, 0.1) is 5.92 Å². The molecule has 1 spiro atoms. The summed E-state index contributed by atoms with van der Waals surface area (Å²) in [6, 6.07) is 0. The molecule has 1 aliphatic heterocycles. The Kier molecular flexibility index (Phi) is 2.48. The first kappa shape index (κ1) is 11.4. The Morgan fingerprint density at radius 3 is 2.50 bits per heavy atom. The van der Waals surface area contributed by atoms with Gasteiger partial charge in [-0.3, -0.25) is 0 Å². The molecule has 2 fully saturated rings. The highest BCUT2D eigenvalue weighted by molar-refractivity contribution is 5.73. The Labute approximate surface area is 95.9 Å². The zero-order valence-electron chi connectivity index (χ0n) is 10.2. The van der Waals surface area contributed by atoms with Crippen molar-refractivity contribution in [3.05, 3.63) is 0 Å². The largest absolute Gasteiger partial charge is 0.444 e. The molecule has 0 aromatic carbocycles. The first-order chi connectivity index (χ1) is 7.39. The normalized spacial score (nSPS) is 26.9. The molecule has 1 heterocycles. The molecule has 1 atom stereocenters. The van der Waals surface area contributed by atoms with E-state index in [1.165, 1.54) is 0 Å². The maximum Gasteiger partial charge on any atom is 0.410 e. The van der Waals surface area contributed by atoms with Gasteiger partial charge in [0, 0.05) is 12.5 Å². The summed E-state index contributed by atoms with van der Waals surface area (Å²) in [6.45, 7) is 6.23. The summed E-state index contributed by atoms with van der Waals surface area (Å²) in [5.74, 6) is 0.0139. The summed E-state index contributed by atoms with van der Waals surface area (Å²) >= 11 is 0. The van der Waals surface area contributed by atoms with Gasteiger partial charge in [-0.25, -0.2) is 4.79 Å². The van der Waals surface area contributed by atoms with Gasteiger partial charge in [0.2, 0.25) is 0 Å². The fraction of sp³-hybridized carbons (Fsp3) is 0.833. The van der Waals surface area contributed by atoms with Gasteiger partial charge in [-0.15, -0.1) is 0 Å². The predicted molar refractivity (Wildman–Crippen MR) is 59.1 cm³/mol. The van der Waals surface area contributed by atoms with Gasteiger partial charge in [0.05, 0.1) is 5.54 Å². The molecule has 1 aliphatic carbocycles. The number of carbonyl (C=O) groups is 2. The lowest BCUT2D eigenvalue weighted by Crippen LogP contribution is -2.43. The highest BCUT2D eigenvalue weighted by Gasteiger charge is 2.59. The van der Waals surface area contributed by atoms with E-state index in [2.05, 4.69) is 0 Å². The minimum Gasteiger partial charge on any atom is -0.444 e. The van der Waals surface area contributed by atoms with Crippen molar-refractivity contribution in [1.29, 1.82) is 0 Å². The van der Waals surface area contributed by atoms with Crippen LogP contribution >= 0.6 is 0 Å². The number of aldehydes is 1. The SMILES string of the molecule is CC(C)(C)OC(=O)N1CCC(C=O)C12CC2. The third kappa shape index (κ3) is 1.81. The molecule has 90 valence electrons. The maximum absolute atomic E-state index is 12.0. The summed E-state index contributed by atoms with van der Waals surface area (Å²) in [6.07, 6.45) is 3.39. The number of hydrogen-bond acceptors (Lipinski definition) is 3. The van der Waals surface area contributed by atoms with E-state index >= 15 is 0 Å². The Morgan fingerprint density at radius 1 is 1.44 bits per heavy atom. The molecule has 1 saturated heterocycles. The molecule has 1 unspecified atom stereocenters. The molecule has 16 heavy (non-hydrogen) atoms. The van der Waals surface area contributed by atoms with Crippen LogP contribution in [0.4, 0.5) is 4.79 Å². The molecular weight excluding hydrogens is 206 g/mol. The molecule has 4 heteroatoms. The van der Waals surface area contributed by atoms with Crippen LogP contribution in [0.3, 0.4) is 0 Å². The first-order valence-corrected chi connectivity index (χ1v) is 5.85. The number of likely N-dealkylation sites (tertiary alicyclic amines) is 1. The Balaban J connectivity index is 2.06. The van der Waals surface area contributed by atoms with Gasteiger partial charge in [0.25, 0.3) is 0 Å². The maximum atomic E-state index is 12.0. The van der Waals surface area contributed by atoms with Crippen LogP contribution in [0.2, 0.25) is 0 Å². The minimum absolute atomic E-state index is 0.0139. The first-order valence-electron chi connectivity index (χ1n) is 5.85. The molecule has 2 aliphatic rings. The molecule has 0 N–H and O–H groups in total. The number of hydrogen-bond donors (Lipinski definition) is 0. The van der Waals surface area contributed by atoms with Gasteiger partial charge in [0.15, 0.2) is 0 Å². The van der Waals surface area contributed by atoms with E-state index in [4.69, 9.17) is 4.74 Å². The number of nitrogens with zero attached hydrogens (tertiary/aromatic N) is 1. The van der Waals surface area contributed by atoms with Gasteiger partial charge in [-0.2, -0.15) is 0 Å². The monoisotopic (exact) mass is 225 g/mol. The zero-order chi connectivity index (χ0) is 12.0. The summed E-state index contributed by atoms with van der Waals surface area (Å²) < 4.78 is 5.36. The summed E-state index contributed by atoms with van der Waals surface area (Å²) in [7, 11) is 0. The molecule has 4 nitrogen and oxygen atoms in total. The standard InChI is InChI=1S/C12H19NO3/c1-11(2,3)16-10(15)13-7-4-9(8-14)12(13)5-6-12/h8-9H,4-7H2,1-3H3. The second kappa shape index (κ2) is 3.47. The minimum atomic E-state index is -0.466. The van der Waals surface area contributed by atoms with E-state index < -0.39 is 5.60 Å². The number of amides is 1. The van der Waals surface area contributed by atoms with E-state index in [0.29, 0.717) is 6.54 Å². The lowest BCUT2D eigenvalue weighted by atomic mass is 10.0. The lowest BCUT2D eigenvalue weighted by molar-refractivity contribution is -0.112. The molecular formula is C12H19NO3. The van der Waals surface area contributed by atoms with E-state index in [1.54, 1.807) is 4.90 Å². The highest BCUT2D eigenvalue weighted by atomic mass is 16.6.